The minimum Gasteiger partial charge on any atom is -0.414 e. The quantitative estimate of drug-likeness (QED) is 0.203. The second kappa shape index (κ2) is 14.0. The van der Waals surface area contributed by atoms with E-state index in [1.807, 2.05) is 28.9 Å². The number of hydrogen-bond donors (Lipinski definition) is 1. The van der Waals surface area contributed by atoms with Crippen molar-refractivity contribution in [1.29, 1.82) is 5.26 Å². The normalized spacial score (nSPS) is 21.3. The number of fused-ring (bicyclic) bond motifs is 1. The average molecular weight is 737 g/mol. The smallest absolute Gasteiger partial charge is 0.192 e. The van der Waals surface area contributed by atoms with Crippen LogP contribution in [0.25, 0.3) is 23.3 Å². The fourth-order valence-corrected chi connectivity index (χ4v) is 8.63. The minimum atomic E-state index is -2.39. The summed E-state index contributed by atoms with van der Waals surface area (Å²) in [5.41, 5.74) is 8.98. The molecular formula is C37H60N6O4Si3. The summed E-state index contributed by atoms with van der Waals surface area (Å²) < 4.78 is 30.8. The number of rotatable bonds is 10. The van der Waals surface area contributed by atoms with Crippen molar-refractivity contribution in [3.8, 4) is 6.07 Å². The van der Waals surface area contributed by atoms with Crippen LogP contribution in [0.15, 0.2) is 30.6 Å². The Balaban J connectivity index is 1.94. The summed E-state index contributed by atoms with van der Waals surface area (Å²) >= 11 is 0. The molecule has 1 saturated heterocycles. The van der Waals surface area contributed by atoms with Crippen molar-refractivity contribution in [3.05, 3.63) is 47.5 Å². The molecule has 0 amide bonds. The van der Waals surface area contributed by atoms with Crippen LogP contribution in [0.2, 0.25) is 54.4 Å². The lowest BCUT2D eigenvalue weighted by Crippen LogP contribution is -2.54. The van der Waals surface area contributed by atoms with Gasteiger partial charge in [0, 0.05) is 0 Å². The number of imidazole rings is 1. The summed E-state index contributed by atoms with van der Waals surface area (Å²) in [6.07, 6.45) is 3.39. The number of nitriles is 1. The Morgan fingerprint density at radius 2 is 1.36 bits per heavy atom. The Morgan fingerprint density at radius 1 is 0.820 bits per heavy atom. The lowest BCUT2D eigenvalue weighted by molar-refractivity contribution is -0.0473. The highest BCUT2D eigenvalue weighted by atomic mass is 28.4. The lowest BCUT2D eigenvalue weighted by Gasteiger charge is -2.44. The molecule has 3 heterocycles. The van der Waals surface area contributed by atoms with Crippen molar-refractivity contribution < 1.29 is 18.0 Å². The molecule has 2 aromatic heterocycles. The van der Waals surface area contributed by atoms with Crippen molar-refractivity contribution in [3.63, 3.8) is 0 Å². The van der Waals surface area contributed by atoms with E-state index in [4.69, 9.17) is 33.7 Å². The molecule has 1 aliphatic heterocycles. The fourth-order valence-electron chi connectivity index (χ4n) is 5.01. The van der Waals surface area contributed by atoms with Crippen LogP contribution in [-0.4, -0.2) is 69.4 Å². The summed E-state index contributed by atoms with van der Waals surface area (Å²) in [7, 11) is -6.88. The van der Waals surface area contributed by atoms with Gasteiger partial charge in [0.1, 0.15) is 30.5 Å². The Hall–Kier alpha value is -2.71. The van der Waals surface area contributed by atoms with Gasteiger partial charge in [-0.2, -0.15) is 5.26 Å². The molecule has 4 atom stereocenters. The fraction of sp³-hybridized carbons (Fsp3) is 0.622. The molecule has 2 N–H and O–H groups in total. The van der Waals surface area contributed by atoms with Gasteiger partial charge in [-0.1, -0.05) is 80.5 Å². The highest BCUT2D eigenvalue weighted by Crippen LogP contribution is 2.47. The second-order valence-electron chi connectivity index (χ2n) is 18.2. The first-order valence-electron chi connectivity index (χ1n) is 17.6. The van der Waals surface area contributed by atoms with Crippen LogP contribution in [0.3, 0.4) is 0 Å². The molecule has 1 aliphatic rings. The largest absolute Gasteiger partial charge is 0.414 e. The van der Waals surface area contributed by atoms with E-state index in [9.17, 15) is 5.26 Å². The molecule has 10 nitrogen and oxygen atoms in total. The SMILES string of the molecule is CC(C)(C)[Si](C)(C)OC[C@H]1O[C@@H](n2c(/C=C/c3ccc(C#N)cc3)nc3c(N)ncnc32)[C@H](O[Si](C)(C)C(C)(C)C)[C@@H]1O[Si](C)(C)C(C)(C)C. The maximum atomic E-state index is 9.29. The zero-order valence-corrected chi connectivity index (χ0v) is 36.0. The number of nitrogens with zero attached hydrogens (tertiary/aromatic N) is 5. The number of nitrogen functional groups attached to an aromatic ring is 1. The topological polar surface area (TPSA) is 130 Å². The van der Waals surface area contributed by atoms with Gasteiger partial charge in [0.15, 0.2) is 48.2 Å². The summed E-state index contributed by atoms with van der Waals surface area (Å²) in [6, 6.07) is 9.58. The predicted octanol–water partition coefficient (Wildman–Crippen LogP) is 9.15. The van der Waals surface area contributed by atoms with Crippen molar-refractivity contribution in [2.24, 2.45) is 0 Å². The number of ether oxygens (including phenoxy) is 1. The molecule has 1 aromatic carbocycles. The van der Waals surface area contributed by atoms with Crippen molar-refractivity contribution >= 4 is 54.1 Å². The Morgan fingerprint density at radius 3 is 1.88 bits per heavy atom. The average Bonchev–Trinajstić information content (AvgIpc) is 3.51. The first-order valence-corrected chi connectivity index (χ1v) is 26.3. The molecule has 3 aromatic rings. The van der Waals surface area contributed by atoms with Gasteiger partial charge in [-0.25, -0.2) is 15.0 Å². The van der Waals surface area contributed by atoms with E-state index in [1.165, 1.54) is 6.33 Å². The van der Waals surface area contributed by atoms with Gasteiger partial charge in [-0.3, -0.25) is 4.57 Å². The van der Waals surface area contributed by atoms with E-state index in [1.54, 1.807) is 12.1 Å². The van der Waals surface area contributed by atoms with Crippen LogP contribution in [0.4, 0.5) is 5.82 Å². The zero-order chi connectivity index (χ0) is 37.7. The van der Waals surface area contributed by atoms with E-state index in [0.29, 0.717) is 29.2 Å². The highest BCUT2D eigenvalue weighted by molar-refractivity contribution is 6.75. The predicted molar refractivity (Wildman–Crippen MR) is 211 cm³/mol. The molecule has 13 heteroatoms. The molecule has 274 valence electrons. The molecule has 0 radical (unpaired) electrons. The zero-order valence-electron chi connectivity index (χ0n) is 33.0. The first-order chi connectivity index (χ1) is 22.8. The first kappa shape index (κ1) is 40.1. The number of hydrogen-bond acceptors (Lipinski definition) is 9. The van der Waals surface area contributed by atoms with Gasteiger partial charge in [0.05, 0.1) is 18.2 Å². The summed E-state index contributed by atoms with van der Waals surface area (Å²) in [6.45, 7) is 34.3. The van der Waals surface area contributed by atoms with E-state index in [0.717, 1.165) is 5.56 Å². The van der Waals surface area contributed by atoms with Gasteiger partial charge in [-0.15, -0.1) is 0 Å². The molecule has 1 fully saturated rings. The third-order valence-corrected chi connectivity index (χ3v) is 24.9. The minimum absolute atomic E-state index is 0.0240. The summed E-state index contributed by atoms with van der Waals surface area (Å²) in [4.78, 5) is 13.9. The van der Waals surface area contributed by atoms with Crippen LogP contribution in [0.1, 0.15) is 85.5 Å². The van der Waals surface area contributed by atoms with Crippen LogP contribution >= 0.6 is 0 Å². The van der Waals surface area contributed by atoms with Gasteiger partial charge >= 0.3 is 0 Å². The van der Waals surface area contributed by atoms with E-state index in [2.05, 4.69) is 113 Å². The van der Waals surface area contributed by atoms with Crippen LogP contribution in [-0.2, 0) is 18.0 Å². The standard InChI is InChI=1S/C37H60N6O4Si3/c1-35(2,3)48(10,11)44-23-27-30(46-49(12,13)36(4,5)6)31(47-50(14,15)37(7,8)9)34(45-27)43-28(42-29-32(39)40-24-41-33(29)43)21-20-25-16-18-26(22-38)19-17-25/h16-21,24,27,30-31,34H,23H2,1-15H3,(H2,39,40,41)/b21-20+/t27-,30-,31-,34-/m1/s1. The Kier molecular flexibility index (Phi) is 11.2. The number of aromatic nitrogens is 4. The third kappa shape index (κ3) is 8.33. The molecule has 0 aliphatic carbocycles. The number of benzene rings is 1. The summed E-state index contributed by atoms with van der Waals surface area (Å²) in [5, 5.41) is 9.20. The van der Waals surface area contributed by atoms with Gasteiger partial charge < -0.3 is 23.7 Å². The third-order valence-electron chi connectivity index (χ3n) is 11.4. The highest BCUT2D eigenvalue weighted by Gasteiger charge is 2.55. The van der Waals surface area contributed by atoms with Crippen molar-refractivity contribution in [2.75, 3.05) is 12.3 Å². The van der Waals surface area contributed by atoms with E-state index >= 15 is 0 Å². The maximum absolute atomic E-state index is 9.29. The monoisotopic (exact) mass is 736 g/mol. The van der Waals surface area contributed by atoms with Crippen LogP contribution < -0.4 is 5.73 Å². The van der Waals surface area contributed by atoms with Crippen molar-refractivity contribution in [2.45, 2.75) is 141 Å². The van der Waals surface area contributed by atoms with Gasteiger partial charge in [-0.05, 0) is 78.2 Å². The molecule has 0 saturated carbocycles. The van der Waals surface area contributed by atoms with E-state index in [-0.39, 0.29) is 20.9 Å². The van der Waals surface area contributed by atoms with Gasteiger partial charge in [0.2, 0.25) is 0 Å². The molecule has 0 unspecified atom stereocenters. The maximum Gasteiger partial charge on any atom is 0.192 e. The lowest BCUT2D eigenvalue weighted by atomic mass is 10.1. The van der Waals surface area contributed by atoms with E-state index < -0.39 is 49.5 Å². The van der Waals surface area contributed by atoms with Gasteiger partial charge in [0.25, 0.3) is 0 Å². The summed E-state index contributed by atoms with van der Waals surface area (Å²) in [5.74, 6) is 0.885. The molecular weight excluding hydrogens is 677 g/mol. The van der Waals surface area contributed by atoms with Crippen LogP contribution in [0, 0.1) is 11.3 Å². The molecule has 0 spiro atoms. The second-order valence-corrected chi connectivity index (χ2v) is 32.5. The molecule has 50 heavy (non-hydrogen) atoms. The molecule has 0 bridgehead atoms. The number of nitrogens with two attached hydrogens (primary N) is 1. The van der Waals surface area contributed by atoms with Crippen molar-refractivity contribution in [1.82, 2.24) is 19.5 Å². The molecule has 4 rings (SSSR count). The number of anilines is 1. The van der Waals surface area contributed by atoms with Crippen LogP contribution in [0.5, 0.6) is 0 Å². The Bertz CT molecular complexity index is 1730. The Labute approximate surface area is 303 Å².